The molecule has 0 saturated carbocycles. The molecule has 1 N–H and O–H groups in total. The van der Waals surface area contributed by atoms with E-state index in [9.17, 15) is 4.79 Å². The van der Waals surface area contributed by atoms with Crippen LogP contribution in [0.25, 0.3) is 0 Å². The van der Waals surface area contributed by atoms with Gasteiger partial charge in [-0.25, -0.2) is 0 Å². The van der Waals surface area contributed by atoms with E-state index in [1.165, 1.54) is 4.90 Å². The number of thioether (sulfide) groups is 1. The van der Waals surface area contributed by atoms with Crippen molar-refractivity contribution in [3.63, 3.8) is 0 Å². The Balaban J connectivity index is 1.81. The van der Waals surface area contributed by atoms with Crippen LogP contribution in [0.2, 0.25) is 5.02 Å². The van der Waals surface area contributed by atoms with Crippen molar-refractivity contribution in [2.45, 2.75) is 17.4 Å². The fourth-order valence-corrected chi connectivity index (χ4v) is 3.91. The van der Waals surface area contributed by atoms with E-state index in [0.29, 0.717) is 10.6 Å². The Bertz CT molecular complexity index is 674. The minimum Gasteiger partial charge on any atom is -0.345 e. The van der Waals surface area contributed by atoms with E-state index in [2.05, 4.69) is 21.2 Å². The second-order valence-electron chi connectivity index (χ2n) is 4.85. The third-order valence-electron chi connectivity index (χ3n) is 3.42. The van der Waals surface area contributed by atoms with Crippen molar-refractivity contribution >= 4 is 45.2 Å². The average Bonchev–Trinajstić information content (AvgIpc) is 2.48. The molecule has 108 valence electrons. The number of carbonyl (C=O) groups is 1. The van der Waals surface area contributed by atoms with Crippen LogP contribution in [0.3, 0.4) is 0 Å². The number of halogens is 2. The van der Waals surface area contributed by atoms with Gasteiger partial charge < -0.3 is 5.32 Å². The summed E-state index contributed by atoms with van der Waals surface area (Å²) in [5, 5.41) is 3.82. The third kappa shape index (κ3) is 3.44. The van der Waals surface area contributed by atoms with Crippen molar-refractivity contribution in [2.75, 3.05) is 5.75 Å². The van der Waals surface area contributed by atoms with Crippen molar-refractivity contribution in [2.24, 2.45) is 0 Å². The van der Waals surface area contributed by atoms with Gasteiger partial charge in [-0.3, -0.25) is 4.79 Å². The second-order valence-corrected chi connectivity index (χ2v) is 7.34. The Hall–Kier alpha value is -0.970. The van der Waals surface area contributed by atoms with Gasteiger partial charge in [-0.15, -0.1) is 11.8 Å². The first-order chi connectivity index (χ1) is 10.1. The van der Waals surface area contributed by atoms with Crippen LogP contribution >= 0.6 is 39.3 Å². The van der Waals surface area contributed by atoms with Crippen molar-refractivity contribution in [3.05, 3.63) is 63.1 Å². The number of amides is 1. The van der Waals surface area contributed by atoms with Gasteiger partial charge in [-0.05, 0) is 54.4 Å². The number of nitrogens with one attached hydrogen (secondary N) is 1. The zero-order valence-electron chi connectivity index (χ0n) is 11.1. The minimum atomic E-state index is -0.0506. The zero-order valence-corrected chi connectivity index (χ0v) is 14.3. The lowest BCUT2D eigenvalue weighted by molar-refractivity contribution is 0.0935. The molecule has 1 atom stereocenters. The normalized spacial score (nSPS) is 17.1. The van der Waals surface area contributed by atoms with Crippen molar-refractivity contribution < 1.29 is 4.79 Å². The Labute approximate surface area is 141 Å². The summed E-state index contributed by atoms with van der Waals surface area (Å²) < 4.78 is 0.963. The second kappa shape index (κ2) is 6.42. The molecule has 1 unspecified atom stereocenters. The maximum Gasteiger partial charge on any atom is 0.251 e. The molecule has 2 aromatic rings. The van der Waals surface area contributed by atoms with Gasteiger partial charge in [0.05, 0.1) is 6.04 Å². The Morgan fingerprint density at radius 3 is 2.76 bits per heavy atom. The average molecular weight is 383 g/mol. The summed E-state index contributed by atoms with van der Waals surface area (Å²) in [5.74, 6) is 0.949. The standard InChI is InChI=1S/C16H13BrClNOS/c17-11-3-1-10(2-4-11)16(20)19-14-7-8-21-15-6-5-12(18)9-13(14)15/h1-6,9,14H,7-8H2,(H,19,20). The van der Waals surface area contributed by atoms with Crippen LogP contribution in [0.1, 0.15) is 28.4 Å². The van der Waals surface area contributed by atoms with Crippen LogP contribution in [0.4, 0.5) is 0 Å². The molecule has 0 saturated heterocycles. The molecule has 5 heteroatoms. The smallest absolute Gasteiger partial charge is 0.251 e. The summed E-state index contributed by atoms with van der Waals surface area (Å²) in [7, 11) is 0. The van der Waals surface area contributed by atoms with Gasteiger partial charge in [0.25, 0.3) is 5.91 Å². The molecule has 0 fully saturated rings. The molecule has 21 heavy (non-hydrogen) atoms. The molecule has 1 amide bonds. The van der Waals surface area contributed by atoms with Crippen molar-refractivity contribution in [1.82, 2.24) is 5.32 Å². The van der Waals surface area contributed by atoms with E-state index in [-0.39, 0.29) is 11.9 Å². The molecule has 0 bridgehead atoms. The molecule has 3 rings (SSSR count). The SMILES string of the molecule is O=C(NC1CCSc2ccc(Cl)cc21)c1ccc(Br)cc1. The van der Waals surface area contributed by atoms with Crippen LogP contribution in [-0.4, -0.2) is 11.7 Å². The summed E-state index contributed by atoms with van der Waals surface area (Å²) in [4.78, 5) is 13.6. The molecule has 1 heterocycles. The van der Waals surface area contributed by atoms with Crippen LogP contribution in [-0.2, 0) is 0 Å². The number of fused-ring (bicyclic) bond motifs is 1. The number of hydrogen-bond donors (Lipinski definition) is 1. The Morgan fingerprint density at radius 1 is 1.24 bits per heavy atom. The van der Waals surface area contributed by atoms with Gasteiger partial charge in [0.2, 0.25) is 0 Å². The van der Waals surface area contributed by atoms with Gasteiger partial charge in [0, 0.05) is 25.7 Å². The highest BCUT2D eigenvalue weighted by atomic mass is 79.9. The lowest BCUT2D eigenvalue weighted by atomic mass is 10.0. The minimum absolute atomic E-state index is 0.0242. The highest BCUT2D eigenvalue weighted by Gasteiger charge is 2.23. The van der Waals surface area contributed by atoms with Gasteiger partial charge in [-0.2, -0.15) is 0 Å². The lowest BCUT2D eigenvalue weighted by Crippen LogP contribution is -2.30. The first-order valence-electron chi connectivity index (χ1n) is 6.62. The van der Waals surface area contributed by atoms with E-state index < -0.39 is 0 Å². The van der Waals surface area contributed by atoms with Crippen LogP contribution < -0.4 is 5.32 Å². The van der Waals surface area contributed by atoms with E-state index in [0.717, 1.165) is 22.2 Å². The van der Waals surface area contributed by atoms with Gasteiger partial charge in [-0.1, -0.05) is 27.5 Å². The summed E-state index contributed by atoms with van der Waals surface area (Å²) in [5.41, 5.74) is 1.78. The monoisotopic (exact) mass is 381 g/mol. The summed E-state index contributed by atoms with van der Waals surface area (Å²) in [6.45, 7) is 0. The number of rotatable bonds is 2. The molecule has 0 radical (unpaired) electrons. The highest BCUT2D eigenvalue weighted by Crippen LogP contribution is 2.37. The quantitative estimate of drug-likeness (QED) is 0.785. The predicted molar refractivity (Wildman–Crippen MR) is 91.1 cm³/mol. The highest BCUT2D eigenvalue weighted by molar-refractivity contribution is 9.10. The summed E-state index contributed by atoms with van der Waals surface area (Å²) >= 11 is 11.3. The van der Waals surface area contributed by atoms with Crippen molar-refractivity contribution in [3.8, 4) is 0 Å². The third-order valence-corrected chi connectivity index (χ3v) is 5.31. The lowest BCUT2D eigenvalue weighted by Gasteiger charge is -2.26. The van der Waals surface area contributed by atoms with E-state index in [1.807, 2.05) is 54.2 Å². The summed E-state index contributed by atoms with van der Waals surface area (Å²) in [6, 6.07) is 13.3. The zero-order chi connectivity index (χ0) is 14.8. The fraction of sp³-hybridized carbons (Fsp3) is 0.188. The molecule has 0 aromatic heterocycles. The number of benzene rings is 2. The van der Waals surface area contributed by atoms with E-state index in [4.69, 9.17) is 11.6 Å². The molecule has 0 spiro atoms. The topological polar surface area (TPSA) is 29.1 Å². The maximum absolute atomic E-state index is 12.4. The first kappa shape index (κ1) is 14.9. The Morgan fingerprint density at radius 2 is 2.00 bits per heavy atom. The largest absolute Gasteiger partial charge is 0.345 e. The Kier molecular flexibility index (Phi) is 4.57. The fourth-order valence-electron chi connectivity index (χ4n) is 2.36. The maximum atomic E-state index is 12.4. The molecule has 0 aliphatic carbocycles. The van der Waals surface area contributed by atoms with Gasteiger partial charge >= 0.3 is 0 Å². The molecular formula is C16H13BrClNOS. The van der Waals surface area contributed by atoms with Gasteiger partial charge in [0.1, 0.15) is 0 Å². The number of carbonyl (C=O) groups excluding carboxylic acids is 1. The molecule has 2 nitrogen and oxygen atoms in total. The van der Waals surface area contributed by atoms with E-state index in [1.54, 1.807) is 0 Å². The van der Waals surface area contributed by atoms with Crippen molar-refractivity contribution in [1.29, 1.82) is 0 Å². The predicted octanol–water partition coefficient (Wildman–Crippen LogP) is 5.07. The van der Waals surface area contributed by atoms with Gasteiger partial charge in [0.15, 0.2) is 0 Å². The van der Waals surface area contributed by atoms with Crippen LogP contribution in [0.15, 0.2) is 51.8 Å². The molecular weight excluding hydrogens is 370 g/mol. The van der Waals surface area contributed by atoms with Crippen LogP contribution in [0, 0.1) is 0 Å². The van der Waals surface area contributed by atoms with E-state index >= 15 is 0 Å². The molecule has 1 aliphatic rings. The molecule has 2 aromatic carbocycles. The molecule has 1 aliphatic heterocycles. The number of hydrogen-bond acceptors (Lipinski definition) is 2. The van der Waals surface area contributed by atoms with Crippen LogP contribution in [0.5, 0.6) is 0 Å². The summed E-state index contributed by atoms with van der Waals surface area (Å²) in [6.07, 6.45) is 0.917. The first-order valence-corrected chi connectivity index (χ1v) is 8.78.